The molecule has 1 N–H and O–H groups in total. The maximum absolute atomic E-state index is 5.54. The van der Waals surface area contributed by atoms with Crippen molar-refractivity contribution in [2.75, 3.05) is 19.8 Å². The molecule has 0 aromatic carbocycles. The predicted molar refractivity (Wildman–Crippen MR) is 51.5 cm³/mol. The van der Waals surface area contributed by atoms with Crippen molar-refractivity contribution in [2.24, 2.45) is 0 Å². The molecule has 0 amide bonds. The second-order valence-electron chi connectivity index (χ2n) is 3.25. The smallest absolute Gasteiger partial charge is 0.0619 e. The van der Waals surface area contributed by atoms with Gasteiger partial charge in [0.1, 0.15) is 0 Å². The number of rotatable bonds is 3. The Morgan fingerprint density at radius 3 is 3.17 bits per heavy atom. The highest BCUT2D eigenvalue weighted by Crippen LogP contribution is 2.06. The Morgan fingerprint density at radius 2 is 2.58 bits per heavy atom. The van der Waals surface area contributed by atoms with Gasteiger partial charge in [0.25, 0.3) is 0 Å². The van der Waals surface area contributed by atoms with Gasteiger partial charge in [-0.1, -0.05) is 11.6 Å². The van der Waals surface area contributed by atoms with Crippen LogP contribution in [0.15, 0.2) is 11.1 Å². The van der Waals surface area contributed by atoms with Gasteiger partial charge >= 0.3 is 0 Å². The zero-order chi connectivity index (χ0) is 8.81. The van der Waals surface area contributed by atoms with Crippen LogP contribution in [0.4, 0.5) is 0 Å². The first-order valence-corrected chi connectivity index (χ1v) is 4.83. The molecule has 0 aliphatic carbocycles. The minimum absolute atomic E-state index is 0.519. The molecule has 1 saturated heterocycles. The van der Waals surface area contributed by atoms with Gasteiger partial charge in [0, 0.05) is 24.7 Å². The summed E-state index contributed by atoms with van der Waals surface area (Å²) in [6.07, 6.45) is 2.39. The Bertz CT molecular complexity index is 153. The van der Waals surface area contributed by atoms with Crippen molar-refractivity contribution in [1.82, 2.24) is 5.32 Å². The van der Waals surface area contributed by atoms with Crippen LogP contribution < -0.4 is 5.32 Å². The highest BCUT2D eigenvalue weighted by molar-refractivity contribution is 6.25. The van der Waals surface area contributed by atoms with Crippen LogP contribution >= 0.6 is 11.6 Å². The summed E-state index contributed by atoms with van der Waals surface area (Å²) < 4.78 is 5.33. The lowest BCUT2D eigenvalue weighted by atomic mass is 10.1. The quantitative estimate of drug-likeness (QED) is 0.733. The lowest BCUT2D eigenvalue weighted by molar-refractivity contribution is 0.0715. The summed E-state index contributed by atoms with van der Waals surface area (Å²) >= 11 is 5.54. The second kappa shape index (κ2) is 5.57. The van der Waals surface area contributed by atoms with Gasteiger partial charge in [-0.05, 0) is 25.3 Å². The predicted octanol–water partition coefficient (Wildman–Crippen LogP) is 1.90. The molecule has 2 nitrogen and oxygen atoms in total. The third kappa shape index (κ3) is 3.57. The van der Waals surface area contributed by atoms with Crippen molar-refractivity contribution in [2.45, 2.75) is 25.8 Å². The summed E-state index contributed by atoms with van der Waals surface area (Å²) in [5.41, 5.74) is 2.79. The van der Waals surface area contributed by atoms with Crippen LogP contribution in [0.2, 0.25) is 0 Å². The first kappa shape index (κ1) is 10.0. The minimum Gasteiger partial charge on any atom is -0.380 e. The molecule has 3 heteroatoms. The molecule has 0 spiro atoms. The van der Waals surface area contributed by atoms with Gasteiger partial charge in [-0.3, -0.25) is 0 Å². The summed E-state index contributed by atoms with van der Waals surface area (Å²) in [4.78, 5) is 0. The Labute approximate surface area is 78.9 Å². The van der Waals surface area contributed by atoms with E-state index in [4.69, 9.17) is 16.3 Å². The normalized spacial score (nSPS) is 25.8. The third-order valence-corrected chi connectivity index (χ3v) is 2.39. The third-order valence-electron chi connectivity index (χ3n) is 2.02. The molecule has 1 heterocycles. The first-order chi connectivity index (χ1) is 5.83. The van der Waals surface area contributed by atoms with Crippen LogP contribution in [-0.4, -0.2) is 25.8 Å². The monoisotopic (exact) mass is 189 g/mol. The van der Waals surface area contributed by atoms with E-state index in [-0.39, 0.29) is 0 Å². The van der Waals surface area contributed by atoms with E-state index < -0.39 is 0 Å². The Hall–Kier alpha value is -0.0500. The summed E-state index contributed by atoms with van der Waals surface area (Å²) in [6.45, 7) is 4.65. The van der Waals surface area contributed by atoms with Crippen LogP contribution in [0.25, 0.3) is 0 Å². The summed E-state index contributed by atoms with van der Waals surface area (Å²) in [7, 11) is 0. The fourth-order valence-corrected chi connectivity index (χ4v) is 1.32. The van der Waals surface area contributed by atoms with E-state index in [1.165, 1.54) is 18.4 Å². The molecule has 1 unspecified atom stereocenters. The van der Waals surface area contributed by atoms with Crippen LogP contribution in [0.5, 0.6) is 0 Å². The number of halogens is 1. The van der Waals surface area contributed by atoms with E-state index in [0.717, 1.165) is 19.8 Å². The van der Waals surface area contributed by atoms with Crippen molar-refractivity contribution < 1.29 is 4.74 Å². The van der Waals surface area contributed by atoms with Gasteiger partial charge < -0.3 is 10.1 Å². The van der Waals surface area contributed by atoms with Crippen LogP contribution in [0.1, 0.15) is 19.8 Å². The lowest BCUT2D eigenvalue weighted by Crippen LogP contribution is -2.37. The van der Waals surface area contributed by atoms with Gasteiger partial charge in [-0.25, -0.2) is 0 Å². The second-order valence-corrected chi connectivity index (χ2v) is 3.47. The highest BCUT2D eigenvalue weighted by atomic mass is 35.5. The fourth-order valence-electron chi connectivity index (χ4n) is 1.25. The van der Waals surface area contributed by atoms with Gasteiger partial charge in [-0.2, -0.15) is 0 Å². The number of hydrogen-bond donors (Lipinski definition) is 1. The first-order valence-electron chi connectivity index (χ1n) is 4.40. The molecule has 0 aromatic rings. The molecular formula is C9H16ClNO. The van der Waals surface area contributed by atoms with Crippen molar-refractivity contribution in [3.8, 4) is 0 Å². The number of ether oxygens (including phenoxy) is 1. The van der Waals surface area contributed by atoms with E-state index in [0.29, 0.717) is 6.04 Å². The average molecular weight is 190 g/mol. The Kier molecular flexibility index (Phi) is 4.66. The molecule has 0 bridgehead atoms. The summed E-state index contributed by atoms with van der Waals surface area (Å²) in [6, 6.07) is 0.519. The molecule has 0 radical (unpaired) electrons. The maximum atomic E-state index is 5.54. The summed E-state index contributed by atoms with van der Waals surface area (Å²) in [5.74, 6) is 0. The van der Waals surface area contributed by atoms with E-state index in [1.807, 2.05) is 6.92 Å². The topological polar surface area (TPSA) is 21.3 Å². The summed E-state index contributed by atoms with van der Waals surface area (Å²) in [5, 5.41) is 3.39. The lowest BCUT2D eigenvalue weighted by Gasteiger charge is -2.23. The molecule has 1 atom stereocenters. The van der Waals surface area contributed by atoms with Crippen molar-refractivity contribution in [1.29, 1.82) is 0 Å². The Balaban J connectivity index is 2.13. The minimum atomic E-state index is 0.519. The van der Waals surface area contributed by atoms with Gasteiger partial charge in [0.05, 0.1) is 6.61 Å². The number of hydrogen-bond acceptors (Lipinski definition) is 2. The van der Waals surface area contributed by atoms with Crippen molar-refractivity contribution in [3.05, 3.63) is 11.1 Å². The highest BCUT2D eigenvalue weighted by Gasteiger charge is 2.12. The number of nitrogens with one attached hydrogen (secondary N) is 1. The molecule has 12 heavy (non-hydrogen) atoms. The molecular weight excluding hydrogens is 174 g/mol. The Morgan fingerprint density at radius 1 is 1.75 bits per heavy atom. The van der Waals surface area contributed by atoms with E-state index in [2.05, 4.69) is 5.32 Å². The van der Waals surface area contributed by atoms with Crippen LogP contribution in [0, 0.1) is 0 Å². The zero-order valence-electron chi connectivity index (χ0n) is 7.48. The molecule has 70 valence electrons. The molecule has 0 aromatic heterocycles. The molecule has 1 aliphatic heterocycles. The van der Waals surface area contributed by atoms with E-state index in [1.54, 1.807) is 5.54 Å². The molecule has 1 aliphatic rings. The van der Waals surface area contributed by atoms with Gasteiger partial charge in [0.15, 0.2) is 0 Å². The largest absolute Gasteiger partial charge is 0.380 e. The SMILES string of the molecule is C/C(=C\Cl)CNC1CCCOC1. The molecule has 1 fully saturated rings. The molecule has 1 rings (SSSR count). The average Bonchev–Trinajstić information content (AvgIpc) is 2.16. The van der Waals surface area contributed by atoms with E-state index in [9.17, 15) is 0 Å². The zero-order valence-corrected chi connectivity index (χ0v) is 8.23. The fraction of sp³-hybridized carbons (Fsp3) is 0.778. The maximum Gasteiger partial charge on any atom is 0.0619 e. The van der Waals surface area contributed by atoms with Crippen molar-refractivity contribution >= 4 is 11.6 Å². The van der Waals surface area contributed by atoms with Gasteiger partial charge in [-0.15, -0.1) is 0 Å². The van der Waals surface area contributed by atoms with Crippen LogP contribution in [0.3, 0.4) is 0 Å². The molecule has 0 saturated carbocycles. The van der Waals surface area contributed by atoms with Gasteiger partial charge in [0.2, 0.25) is 0 Å². The standard InChI is InChI=1S/C9H16ClNO/c1-8(5-10)6-11-9-3-2-4-12-7-9/h5,9,11H,2-4,6-7H2,1H3/b8-5+. The van der Waals surface area contributed by atoms with E-state index >= 15 is 0 Å². The van der Waals surface area contributed by atoms with Crippen molar-refractivity contribution in [3.63, 3.8) is 0 Å². The van der Waals surface area contributed by atoms with Crippen LogP contribution in [-0.2, 0) is 4.74 Å².